The summed E-state index contributed by atoms with van der Waals surface area (Å²) in [6.45, 7) is 12.2. The van der Waals surface area contributed by atoms with Gasteiger partial charge in [0.15, 0.2) is 17.5 Å². The molecule has 0 saturated heterocycles. The largest absolute Gasteiger partial charge is 0.311 e. The third kappa shape index (κ3) is 11.2. The Hall–Kier alpha value is -13.9. The Bertz CT molecular complexity index is 7470. The second kappa shape index (κ2) is 26.2. The number of aromatic nitrogens is 5. The first-order chi connectivity index (χ1) is 59.7. The first-order valence-corrected chi connectivity index (χ1v) is 37.2. The Morgan fingerprint density at radius 1 is 0.324 bits per heavy atom. The zero-order chi connectivity index (χ0) is 86.1. The Morgan fingerprint density at radius 2 is 0.802 bits per heavy atom. The highest BCUT2D eigenvalue weighted by atomic mass is 15.2. The van der Waals surface area contributed by atoms with Crippen molar-refractivity contribution in [3.05, 3.63) is 362 Å². The highest BCUT2D eigenvalue weighted by molar-refractivity contribution is 7.00. The van der Waals surface area contributed by atoms with Crippen LogP contribution in [0.1, 0.15) is 76.1 Å². The molecule has 9 heteroatoms. The molecule has 111 heavy (non-hydrogen) atoms. The SMILES string of the molecule is [2H]c1c([2H])c([2H])c(-c2ccc3c(c2)N(c2ccc(-c4ccccc4)cc2-c2ccccc2)c2cc(-n4c5ccc(C#N)cc5c5cc(C(C)(C)C)ccc54)cc4c2B3c2ccc(-n3c5c([2H])c([2H])c([2H])c([2H])c5c5c([2H])c([2H])c([2H])c([2H])c53)cc2N4c2c(-c3ccccc3)cc(C(C)(C)C)cc2-c2nc(-c3ccccc3)nc(-c3ccccc3)n2)c([2H])c1[2H]. The molecule has 0 bridgehead atoms. The summed E-state index contributed by atoms with van der Waals surface area (Å²) in [4.78, 5) is 21.1. The second-order valence-electron chi connectivity index (χ2n) is 30.5. The van der Waals surface area contributed by atoms with Crippen LogP contribution in [0.4, 0.5) is 34.1 Å². The lowest BCUT2D eigenvalue weighted by Crippen LogP contribution is -2.61. The third-order valence-electron chi connectivity index (χ3n) is 21.8. The quantitative estimate of drug-likeness (QED) is 0.120. The average molecular weight is 1440 g/mol. The van der Waals surface area contributed by atoms with Crippen LogP contribution in [-0.2, 0) is 10.8 Å². The molecule has 2 aliphatic heterocycles. The molecule has 2 aliphatic rings. The van der Waals surface area contributed by atoms with Gasteiger partial charge in [0, 0.05) is 77.8 Å². The number of hydrogen-bond acceptors (Lipinski definition) is 6. The Balaban J connectivity index is 1.03. The predicted molar refractivity (Wildman–Crippen MR) is 463 cm³/mol. The lowest BCUT2D eigenvalue weighted by Gasteiger charge is -2.46. The first kappa shape index (κ1) is 53.8. The van der Waals surface area contributed by atoms with Gasteiger partial charge in [-0.2, -0.15) is 5.26 Å². The number of hydrogen-bond donors (Lipinski definition) is 0. The summed E-state index contributed by atoms with van der Waals surface area (Å²) in [6.07, 6.45) is 0. The molecular weight excluding hydrogens is 1350 g/mol. The number of nitrogens with zero attached hydrogens (tertiary/aromatic N) is 8. The van der Waals surface area contributed by atoms with Gasteiger partial charge in [-0.05, 0) is 169 Å². The molecule has 0 unspecified atom stereocenters. The fourth-order valence-corrected chi connectivity index (χ4v) is 16.4. The molecule has 0 N–H and O–H groups in total. The standard InChI is InChI=1S/C102H75BN8/c1-101(2,3)74-48-54-91-83(58-74)82-55-65(64-104)45-52-90(82)109(91)77-62-94-96-95(63-77)111(97-81(69-35-19-10-20-36-69)59-75(102(4,5)6)60-84(97)100-106-98(70-37-21-11-22-38-70)105-99(107-100)71-39-23-12-24-40-71)93-61-76(108-87-43-27-25-41-78(87)79-42-26-28-44-88(79)108)49-51-86(93)103(96)85-50-46-73(67-31-15-8-16-32-67)57-92(85)110(94)89-53-47-72(66-29-13-7-14-30-66)56-80(89)68-33-17-9-18-34-68/h7-63H,1-6H3/i8D,15D,16D,25D,26D,27D,28D,31D,32D,41D,42D,43D,44D. The van der Waals surface area contributed by atoms with E-state index in [-0.39, 0.29) is 38.5 Å². The summed E-state index contributed by atoms with van der Waals surface area (Å²) in [5, 5.41) is 12.4. The van der Waals surface area contributed by atoms with Crippen molar-refractivity contribution in [1.29, 1.82) is 5.26 Å². The summed E-state index contributed by atoms with van der Waals surface area (Å²) in [5.41, 5.74) is 17.1. The van der Waals surface area contributed by atoms with Gasteiger partial charge >= 0.3 is 0 Å². The minimum atomic E-state index is -0.828. The van der Waals surface area contributed by atoms with Crippen LogP contribution < -0.4 is 26.2 Å². The molecule has 526 valence electrons. The van der Waals surface area contributed by atoms with Gasteiger partial charge in [0.25, 0.3) is 6.71 Å². The van der Waals surface area contributed by atoms with Crippen LogP contribution >= 0.6 is 0 Å². The van der Waals surface area contributed by atoms with Gasteiger partial charge in [0.1, 0.15) is 0 Å². The fourth-order valence-electron chi connectivity index (χ4n) is 16.4. The third-order valence-corrected chi connectivity index (χ3v) is 21.8. The molecule has 0 aliphatic carbocycles. The van der Waals surface area contributed by atoms with Crippen molar-refractivity contribution in [2.45, 2.75) is 52.4 Å². The van der Waals surface area contributed by atoms with E-state index < -0.39 is 90.7 Å². The monoisotopic (exact) mass is 1440 g/mol. The molecule has 0 atom stereocenters. The summed E-state index contributed by atoms with van der Waals surface area (Å²) in [5.74, 6) is 1.08. The predicted octanol–water partition coefficient (Wildman–Crippen LogP) is 24.3. The van der Waals surface area contributed by atoms with E-state index in [1.807, 2.05) is 170 Å². The first-order valence-electron chi connectivity index (χ1n) is 43.7. The molecule has 0 saturated carbocycles. The van der Waals surface area contributed by atoms with Gasteiger partial charge < -0.3 is 18.9 Å². The lowest BCUT2D eigenvalue weighted by atomic mass is 9.33. The summed E-state index contributed by atoms with van der Waals surface area (Å²) in [7, 11) is 0. The highest BCUT2D eigenvalue weighted by Gasteiger charge is 2.46. The summed E-state index contributed by atoms with van der Waals surface area (Å²) < 4.78 is 127. The molecule has 0 radical (unpaired) electrons. The van der Waals surface area contributed by atoms with Crippen LogP contribution in [0.5, 0.6) is 0 Å². The van der Waals surface area contributed by atoms with Crippen molar-refractivity contribution >= 4 is 101 Å². The van der Waals surface area contributed by atoms with E-state index in [1.165, 1.54) is 0 Å². The number of rotatable bonds is 11. The van der Waals surface area contributed by atoms with Crippen molar-refractivity contribution in [3.63, 3.8) is 0 Å². The highest BCUT2D eigenvalue weighted by Crippen LogP contribution is 2.54. The summed E-state index contributed by atoms with van der Waals surface area (Å²) in [6, 6.07) is 85.0. The van der Waals surface area contributed by atoms with Gasteiger partial charge in [-0.3, -0.25) is 0 Å². The topological polar surface area (TPSA) is 78.8 Å². The number of benzene rings is 15. The fraction of sp³-hybridized carbons (Fsp3) is 0.0784. The van der Waals surface area contributed by atoms with E-state index >= 15 is 0 Å². The Kier molecular flexibility index (Phi) is 12.7. The van der Waals surface area contributed by atoms with Crippen LogP contribution in [-0.4, -0.2) is 30.8 Å². The molecular formula is C102H75BN8. The van der Waals surface area contributed by atoms with E-state index in [2.05, 4.69) is 159 Å². The maximum atomic E-state index is 10.9. The smallest absolute Gasteiger partial charge is 0.252 e. The molecule has 3 aromatic heterocycles. The number of anilines is 6. The maximum absolute atomic E-state index is 10.9. The second-order valence-corrected chi connectivity index (χ2v) is 30.5. The molecule has 15 aromatic carbocycles. The van der Waals surface area contributed by atoms with E-state index in [0.29, 0.717) is 79.4 Å². The van der Waals surface area contributed by atoms with Crippen LogP contribution in [0, 0.1) is 11.3 Å². The van der Waals surface area contributed by atoms with E-state index in [1.54, 1.807) is 4.57 Å². The minimum Gasteiger partial charge on any atom is -0.311 e. The average Bonchev–Trinajstić information content (AvgIpc) is 0.908. The van der Waals surface area contributed by atoms with E-state index in [0.717, 1.165) is 88.4 Å². The van der Waals surface area contributed by atoms with Crippen molar-refractivity contribution < 1.29 is 17.8 Å². The van der Waals surface area contributed by atoms with E-state index in [9.17, 15) is 21.7 Å². The van der Waals surface area contributed by atoms with Crippen molar-refractivity contribution in [3.8, 4) is 96.1 Å². The van der Waals surface area contributed by atoms with Gasteiger partial charge in [-0.25, -0.2) is 15.0 Å². The number of fused-ring (bicyclic) bond motifs is 10. The Labute approximate surface area is 665 Å². The summed E-state index contributed by atoms with van der Waals surface area (Å²) >= 11 is 0. The van der Waals surface area contributed by atoms with Crippen molar-refractivity contribution in [1.82, 2.24) is 24.1 Å². The molecule has 0 spiro atoms. The Morgan fingerprint density at radius 3 is 1.41 bits per heavy atom. The van der Waals surface area contributed by atoms with Crippen LogP contribution in [0.15, 0.2) is 345 Å². The maximum Gasteiger partial charge on any atom is 0.252 e. The normalized spacial score (nSPS) is 14.2. The van der Waals surface area contributed by atoms with Crippen molar-refractivity contribution in [2.24, 2.45) is 0 Å². The van der Waals surface area contributed by atoms with E-state index in [4.69, 9.17) is 16.3 Å². The van der Waals surface area contributed by atoms with Gasteiger partial charge in [0.05, 0.1) is 68.6 Å². The van der Waals surface area contributed by atoms with Gasteiger partial charge in [0.2, 0.25) is 0 Å². The van der Waals surface area contributed by atoms with Crippen LogP contribution in [0.25, 0.3) is 134 Å². The number of para-hydroxylation sites is 2. The van der Waals surface area contributed by atoms with Crippen molar-refractivity contribution in [2.75, 3.05) is 9.80 Å². The lowest BCUT2D eigenvalue weighted by molar-refractivity contribution is 0.590. The van der Waals surface area contributed by atoms with Crippen LogP contribution in [0.3, 0.4) is 0 Å². The minimum absolute atomic E-state index is 0.0147. The van der Waals surface area contributed by atoms with Crippen LogP contribution in [0.2, 0.25) is 0 Å². The molecule has 0 amide bonds. The number of nitriles is 1. The zero-order valence-electron chi connectivity index (χ0n) is 74.6. The molecule has 8 nitrogen and oxygen atoms in total. The van der Waals surface area contributed by atoms with Gasteiger partial charge in [-0.1, -0.05) is 290 Å². The zero-order valence-corrected chi connectivity index (χ0v) is 61.6. The molecule has 5 heterocycles. The molecule has 20 rings (SSSR count). The molecule has 18 aromatic rings. The van der Waals surface area contributed by atoms with Gasteiger partial charge in [-0.15, -0.1) is 0 Å². The molecule has 0 fully saturated rings.